The van der Waals surface area contributed by atoms with Gasteiger partial charge in [0, 0.05) is 12.1 Å². The summed E-state index contributed by atoms with van der Waals surface area (Å²) in [4.78, 5) is 16.4. The number of hydrogen-bond donors (Lipinski definition) is 0. The van der Waals surface area contributed by atoms with E-state index in [1.807, 2.05) is 32.0 Å². The third kappa shape index (κ3) is 3.11. The van der Waals surface area contributed by atoms with E-state index in [4.69, 9.17) is 4.74 Å². The van der Waals surface area contributed by atoms with Crippen molar-refractivity contribution in [2.75, 3.05) is 0 Å². The van der Waals surface area contributed by atoms with Crippen molar-refractivity contribution >= 4 is 5.52 Å². The Morgan fingerprint density at radius 3 is 2.43 bits per heavy atom. The van der Waals surface area contributed by atoms with Crippen LogP contribution >= 0.6 is 0 Å². The Bertz CT molecular complexity index is 1250. The highest BCUT2D eigenvalue weighted by molar-refractivity contribution is 5.82. The molecule has 140 valence electrons. The number of nitrogens with zero attached hydrogens (tertiary/aromatic N) is 3. The van der Waals surface area contributed by atoms with Crippen molar-refractivity contribution in [3.63, 3.8) is 0 Å². The van der Waals surface area contributed by atoms with Gasteiger partial charge < -0.3 is 4.74 Å². The van der Waals surface area contributed by atoms with Crippen LogP contribution in [0.4, 0.5) is 8.78 Å². The molecule has 0 amide bonds. The van der Waals surface area contributed by atoms with Crippen molar-refractivity contribution in [2.45, 2.75) is 13.8 Å². The minimum atomic E-state index is -0.837. The van der Waals surface area contributed by atoms with Crippen molar-refractivity contribution in [1.82, 2.24) is 14.6 Å². The molecule has 2 heterocycles. The van der Waals surface area contributed by atoms with Gasteiger partial charge in [-0.2, -0.15) is 4.98 Å². The van der Waals surface area contributed by atoms with E-state index in [-0.39, 0.29) is 17.2 Å². The standard InChI is InChI=1S/C21H15F2N3O2/c1-12-4-3-5-13(2)19(12)20-16-7-9-18(25-26(16)11-24-21(20)27)28-17-8-6-14(22)10-15(17)23/h3-11H,1-2H3. The molecule has 0 bridgehead atoms. The van der Waals surface area contributed by atoms with Crippen LogP contribution in [0, 0.1) is 25.5 Å². The highest BCUT2D eigenvalue weighted by atomic mass is 19.1. The van der Waals surface area contributed by atoms with E-state index < -0.39 is 11.6 Å². The molecule has 0 radical (unpaired) electrons. The van der Waals surface area contributed by atoms with Crippen LogP contribution in [0.2, 0.25) is 0 Å². The van der Waals surface area contributed by atoms with Crippen LogP contribution in [0.5, 0.6) is 11.6 Å². The number of benzene rings is 2. The Morgan fingerprint density at radius 1 is 0.964 bits per heavy atom. The van der Waals surface area contributed by atoms with Crippen LogP contribution in [-0.4, -0.2) is 14.6 Å². The third-order valence-corrected chi connectivity index (χ3v) is 4.43. The number of aryl methyl sites for hydroxylation is 2. The summed E-state index contributed by atoms with van der Waals surface area (Å²) < 4.78 is 33.7. The molecule has 0 saturated carbocycles. The Morgan fingerprint density at radius 2 is 1.71 bits per heavy atom. The Labute approximate surface area is 158 Å². The average Bonchev–Trinajstić information content (AvgIpc) is 2.65. The Balaban J connectivity index is 1.84. The molecule has 0 aliphatic carbocycles. The molecule has 0 atom stereocenters. The van der Waals surface area contributed by atoms with E-state index in [2.05, 4.69) is 10.1 Å². The van der Waals surface area contributed by atoms with Crippen LogP contribution in [0.15, 0.2) is 59.7 Å². The van der Waals surface area contributed by atoms with Gasteiger partial charge in [0.05, 0.1) is 11.1 Å². The van der Waals surface area contributed by atoms with Gasteiger partial charge in [-0.25, -0.2) is 13.3 Å². The first-order valence-electron chi connectivity index (χ1n) is 8.52. The van der Waals surface area contributed by atoms with Crippen molar-refractivity contribution < 1.29 is 13.5 Å². The van der Waals surface area contributed by atoms with Gasteiger partial charge in [0.25, 0.3) is 5.56 Å². The van der Waals surface area contributed by atoms with Gasteiger partial charge in [-0.1, -0.05) is 18.2 Å². The van der Waals surface area contributed by atoms with Gasteiger partial charge in [-0.05, 0) is 48.7 Å². The summed E-state index contributed by atoms with van der Waals surface area (Å²) in [5.74, 6) is -1.61. The lowest BCUT2D eigenvalue weighted by atomic mass is 9.96. The lowest BCUT2D eigenvalue weighted by molar-refractivity contribution is 0.416. The van der Waals surface area contributed by atoms with Crippen LogP contribution < -0.4 is 10.3 Å². The van der Waals surface area contributed by atoms with Gasteiger partial charge >= 0.3 is 0 Å². The first kappa shape index (κ1) is 17.8. The predicted molar refractivity (Wildman–Crippen MR) is 101 cm³/mol. The minimum absolute atomic E-state index is 0.0795. The van der Waals surface area contributed by atoms with E-state index in [0.29, 0.717) is 11.1 Å². The Kier molecular flexibility index (Phi) is 4.35. The van der Waals surface area contributed by atoms with Gasteiger partial charge in [0.2, 0.25) is 5.88 Å². The molecule has 0 aliphatic heterocycles. The zero-order valence-electron chi connectivity index (χ0n) is 15.1. The fraction of sp³-hybridized carbons (Fsp3) is 0.0952. The molecule has 4 rings (SSSR count). The lowest BCUT2D eigenvalue weighted by Gasteiger charge is -2.12. The number of ether oxygens (including phenoxy) is 1. The number of hydrogen-bond acceptors (Lipinski definition) is 4. The predicted octanol–water partition coefficient (Wildman–Crippen LogP) is 4.44. The second kappa shape index (κ2) is 6.84. The molecule has 7 heteroatoms. The average molecular weight is 379 g/mol. The molecule has 0 fully saturated rings. The molecule has 4 aromatic rings. The van der Waals surface area contributed by atoms with Crippen molar-refractivity contribution in [1.29, 1.82) is 0 Å². The summed E-state index contributed by atoms with van der Waals surface area (Å²) in [6.07, 6.45) is 1.28. The maximum atomic E-state index is 13.8. The normalized spacial score (nSPS) is 11.0. The second-order valence-corrected chi connectivity index (χ2v) is 6.37. The third-order valence-electron chi connectivity index (χ3n) is 4.43. The van der Waals surface area contributed by atoms with E-state index in [1.54, 1.807) is 6.07 Å². The highest BCUT2D eigenvalue weighted by Crippen LogP contribution is 2.29. The fourth-order valence-corrected chi connectivity index (χ4v) is 3.16. The summed E-state index contributed by atoms with van der Waals surface area (Å²) >= 11 is 0. The molecule has 2 aromatic carbocycles. The summed E-state index contributed by atoms with van der Waals surface area (Å²) in [6.45, 7) is 3.85. The van der Waals surface area contributed by atoms with Gasteiger partial charge in [-0.3, -0.25) is 4.79 Å². The molecule has 0 saturated heterocycles. The first-order valence-corrected chi connectivity index (χ1v) is 8.52. The highest BCUT2D eigenvalue weighted by Gasteiger charge is 2.15. The second-order valence-electron chi connectivity index (χ2n) is 6.37. The van der Waals surface area contributed by atoms with Crippen LogP contribution in [0.1, 0.15) is 11.1 Å². The smallest absolute Gasteiger partial charge is 0.281 e. The van der Waals surface area contributed by atoms with Crippen molar-refractivity contribution in [3.05, 3.63) is 88.0 Å². The van der Waals surface area contributed by atoms with Crippen LogP contribution in [0.3, 0.4) is 0 Å². The largest absolute Gasteiger partial charge is 0.434 e. The molecule has 0 aliphatic rings. The number of fused-ring (bicyclic) bond motifs is 1. The molecule has 2 aromatic heterocycles. The lowest BCUT2D eigenvalue weighted by Crippen LogP contribution is -2.14. The summed E-state index contributed by atoms with van der Waals surface area (Å²) in [5, 5.41) is 4.25. The number of rotatable bonds is 3. The zero-order valence-corrected chi connectivity index (χ0v) is 15.1. The van der Waals surface area contributed by atoms with E-state index in [0.717, 1.165) is 28.8 Å². The molecule has 0 unspecified atom stereocenters. The molecule has 28 heavy (non-hydrogen) atoms. The molecule has 5 nitrogen and oxygen atoms in total. The minimum Gasteiger partial charge on any atom is -0.434 e. The van der Waals surface area contributed by atoms with Crippen LogP contribution in [-0.2, 0) is 0 Å². The maximum absolute atomic E-state index is 13.8. The van der Waals surface area contributed by atoms with Gasteiger partial charge in [0.1, 0.15) is 12.1 Å². The van der Waals surface area contributed by atoms with E-state index in [9.17, 15) is 13.6 Å². The van der Waals surface area contributed by atoms with Crippen molar-refractivity contribution in [3.8, 4) is 22.8 Å². The number of halogens is 2. The van der Waals surface area contributed by atoms with Gasteiger partial charge in [0.15, 0.2) is 11.6 Å². The summed E-state index contributed by atoms with van der Waals surface area (Å²) in [7, 11) is 0. The first-order chi connectivity index (χ1) is 13.4. The SMILES string of the molecule is Cc1cccc(C)c1-c1c(=O)ncn2nc(Oc3ccc(F)cc3F)ccc12. The molecular formula is C21H15F2N3O2. The molecule has 0 spiro atoms. The number of aromatic nitrogens is 3. The monoisotopic (exact) mass is 379 g/mol. The maximum Gasteiger partial charge on any atom is 0.281 e. The van der Waals surface area contributed by atoms with Crippen LogP contribution in [0.25, 0.3) is 16.6 Å². The summed E-state index contributed by atoms with van der Waals surface area (Å²) in [5.41, 5.74) is 3.31. The topological polar surface area (TPSA) is 56.5 Å². The van der Waals surface area contributed by atoms with E-state index >= 15 is 0 Å². The Hall–Kier alpha value is -3.61. The summed E-state index contributed by atoms with van der Waals surface area (Å²) in [6, 6.07) is 12.0. The fourth-order valence-electron chi connectivity index (χ4n) is 3.16. The molecule has 0 N–H and O–H groups in total. The zero-order chi connectivity index (χ0) is 19.8. The van der Waals surface area contributed by atoms with Gasteiger partial charge in [-0.15, -0.1) is 5.10 Å². The quantitative estimate of drug-likeness (QED) is 0.528. The van der Waals surface area contributed by atoms with Crippen molar-refractivity contribution in [2.24, 2.45) is 0 Å². The van der Waals surface area contributed by atoms with E-state index in [1.165, 1.54) is 23.0 Å². The molecular weight excluding hydrogens is 364 g/mol.